The van der Waals surface area contributed by atoms with Gasteiger partial charge in [-0.1, -0.05) is 6.92 Å². The highest BCUT2D eigenvalue weighted by Crippen LogP contribution is 2.38. The molecule has 7 nitrogen and oxygen atoms in total. The van der Waals surface area contributed by atoms with Crippen molar-refractivity contribution in [2.45, 2.75) is 51.7 Å². The van der Waals surface area contributed by atoms with Gasteiger partial charge in [0.25, 0.3) is 0 Å². The Morgan fingerprint density at radius 1 is 1.20 bits per heavy atom. The van der Waals surface area contributed by atoms with Crippen molar-refractivity contribution in [3.8, 4) is 11.6 Å². The minimum Gasteiger partial charge on any atom is -0.478 e. The lowest BCUT2D eigenvalue weighted by Crippen LogP contribution is -2.46. The van der Waals surface area contributed by atoms with E-state index in [0.717, 1.165) is 37.2 Å². The van der Waals surface area contributed by atoms with Crippen LogP contribution in [0.25, 0.3) is 0 Å². The maximum absolute atomic E-state index is 13.5. The minimum atomic E-state index is -4.70. The van der Waals surface area contributed by atoms with Crippen molar-refractivity contribution in [1.82, 2.24) is 4.98 Å². The second-order valence-electron chi connectivity index (χ2n) is 8.91. The lowest BCUT2D eigenvalue weighted by Gasteiger charge is -2.35. The first kappa shape index (κ1) is 26.5. The van der Waals surface area contributed by atoms with E-state index in [1.807, 2.05) is 0 Å². The molecule has 1 heterocycles. The Morgan fingerprint density at radius 2 is 1.89 bits per heavy atom. The van der Waals surface area contributed by atoms with Crippen molar-refractivity contribution in [2.24, 2.45) is 11.8 Å². The Balaban J connectivity index is 1.99. The van der Waals surface area contributed by atoms with Gasteiger partial charge in [-0.3, -0.25) is 4.79 Å². The number of nitrogens with zero attached hydrogens (tertiary/aromatic N) is 2. The number of carboxylic acid groups (broad SMARTS) is 1. The molecule has 1 N–H and O–H groups in total. The SMILES string of the molecule is COC[C@H](C)N(C(=O)C1CCC(C)CC1)c1ccc(Oc2ncccc2C(F)(F)F)cc1C(=O)O. The molecule has 1 aliphatic carbocycles. The average molecular weight is 495 g/mol. The van der Waals surface area contributed by atoms with E-state index in [2.05, 4.69) is 11.9 Å². The van der Waals surface area contributed by atoms with Crippen LogP contribution in [0.15, 0.2) is 36.5 Å². The molecule has 10 heteroatoms. The lowest BCUT2D eigenvalue weighted by atomic mass is 9.82. The van der Waals surface area contributed by atoms with Gasteiger partial charge < -0.3 is 19.5 Å². The zero-order valence-corrected chi connectivity index (χ0v) is 19.8. The quantitative estimate of drug-likeness (QED) is 0.500. The lowest BCUT2D eigenvalue weighted by molar-refractivity contribution is -0.138. The molecule has 0 radical (unpaired) electrons. The third kappa shape index (κ3) is 6.30. The number of aromatic nitrogens is 1. The van der Waals surface area contributed by atoms with Crippen LogP contribution in [0.5, 0.6) is 11.6 Å². The van der Waals surface area contributed by atoms with Crippen molar-refractivity contribution in [3.63, 3.8) is 0 Å². The smallest absolute Gasteiger partial charge is 0.421 e. The van der Waals surface area contributed by atoms with Gasteiger partial charge in [0.1, 0.15) is 11.3 Å². The number of amides is 1. The molecule has 0 saturated heterocycles. The largest absolute Gasteiger partial charge is 0.478 e. The number of carboxylic acids is 1. The second kappa shape index (κ2) is 11.1. The summed E-state index contributed by atoms with van der Waals surface area (Å²) < 4.78 is 50.5. The molecule has 190 valence electrons. The Hall–Kier alpha value is -3.14. The molecule has 2 aromatic rings. The van der Waals surface area contributed by atoms with Crippen molar-refractivity contribution < 1.29 is 37.3 Å². The average Bonchev–Trinajstić information content (AvgIpc) is 2.80. The molecule has 1 aromatic heterocycles. The summed E-state index contributed by atoms with van der Waals surface area (Å²) in [5, 5.41) is 9.91. The Morgan fingerprint density at radius 3 is 2.49 bits per heavy atom. The monoisotopic (exact) mass is 494 g/mol. The number of methoxy groups -OCH3 is 1. The molecule has 1 aromatic carbocycles. The topological polar surface area (TPSA) is 89.0 Å². The first-order chi connectivity index (χ1) is 16.5. The zero-order chi connectivity index (χ0) is 25.8. The summed E-state index contributed by atoms with van der Waals surface area (Å²) in [6.45, 7) is 4.07. The van der Waals surface area contributed by atoms with Crippen LogP contribution in [0.4, 0.5) is 18.9 Å². The number of aromatic carboxylic acids is 1. The number of rotatable bonds is 8. The van der Waals surface area contributed by atoms with Crippen LogP contribution in [-0.4, -0.2) is 41.7 Å². The Kier molecular flexibility index (Phi) is 8.37. The number of carbonyl (C=O) groups excluding carboxylic acids is 1. The van der Waals surface area contributed by atoms with Crippen LogP contribution in [0.1, 0.15) is 55.5 Å². The highest BCUT2D eigenvalue weighted by atomic mass is 19.4. The normalized spacial score (nSPS) is 19.1. The molecule has 1 atom stereocenters. The van der Waals surface area contributed by atoms with E-state index >= 15 is 0 Å². The van der Waals surface area contributed by atoms with Gasteiger partial charge in [-0.05, 0) is 68.9 Å². The zero-order valence-electron chi connectivity index (χ0n) is 19.8. The summed E-state index contributed by atoms with van der Waals surface area (Å²) >= 11 is 0. The fraction of sp³-hybridized carbons (Fsp3) is 0.480. The second-order valence-corrected chi connectivity index (χ2v) is 8.91. The first-order valence-electron chi connectivity index (χ1n) is 11.4. The summed E-state index contributed by atoms with van der Waals surface area (Å²) in [7, 11) is 1.49. The van der Waals surface area contributed by atoms with Crippen LogP contribution in [0.3, 0.4) is 0 Å². The number of hydrogen-bond acceptors (Lipinski definition) is 5. The summed E-state index contributed by atoms with van der Waals surface area (Å²) in [4.78, 5) is 30.8. The number of benzene rings is 1. The number of hydrogen-bond donors (Lipinski definition) is 1. The fourth-order valence-electron chi connectivity index (χ4n) is 4.35. The number of ether oxygens (including phenoxy) is 2. The number of halogens is 3. The van der Waals surface area contributed by atoms with Gasteiger partial charge in [-0.15, -0.1) is 0 Å². The van der Waals surface area contributed by atoms with E-state index < -0.39 is 29.6 Å². The van der Waals surface area contributed by atoms with Crippen molar-refractivity contribution in [2.75, 3.05) is 18.6 Å². The van der Waals surface area contributed by atoms with Crippen molar-refractivity contribution >= 4 is 17.6 Å². The van der Waals surface area contributed by atoms with E-state index in [9.17, 15) is 27.9 Å². The molecule has 0 aliphatic heterocycles. The molecule has 3 rings (SSSR count). The fourth-order valence-corrected chi connectivity index (χ4v) is 4.35. The molecule has 35 heavy (non-hydrogen) atoms. The number of pyridine rings is 1. The molecular weight excluding hydrogens is 465 g/mol. The third-order valence-electron chi connectivity index (χ3n) is 6.20. The number of anilines is 1. The number of alkyl halides is 3. The van der Waals surface area contributed by atoms with Gasteiger partial charge in [0.05, 0.1) is 23.9 Å². The highest BCUT2D eigenvalue weighted by molar-refractivity contribution is 6.03. The van der Waals surface area contributed by atoms with E-state index in [4.69, 9.17) is 9.47 Å². The van der Waals surface area contributed by atoms with E-state index in [-0.39, 0.29) is 35.4 Å². The van der Waals surface area contributed by atoms with Crippen molar-refractivity contribution in [3.05, 3.63) is 47.7 Å². The van der Waals surface area contributed by atoms with E-state index in [0.29, 0.717) is 18.8 Å². The van der Waals surface area contributed by atoms with Crippen molar-refractivity contribution in [1.29, 1.82) is 0 Å². The van der Waals surface area contributed by atoms with Crippen LogP contribution >= 0.6 is 0 Å². The molecular formula is C25H29F3N2O5. The Bertz CT molecular complexity index is 1050. The van der Waals surface area contributed by atoms with E-state index in [1.165, 1.54) is 24.1 Å². The molecule has 1 aliphatic rings. The van der Waals surface area contributed by atoms with Gasteiger partial charge >= 0.3 is 12.1 Å². The van der Waals surface area contributed by atoms with Gasteiger partial charge in [0.2, 0.25) is 11.8 Å². The highest BCUT2D eigenvalue weighted by Gasteiger charge is 2.36. The maximum Gasteiger partial charge on any atom is 0.421 e. The first-order valence-corrected chi connectivity index (χ1v) is 11.4. The van der Waals surface area contributed by atoms with Crippen LogP contribution < -0.4 is 9.64 Å². The van der Waals surface area contributed by atoms with Crippen LogP contribution in [0.2, 0.25) is 0 Å². The summed E-state index contributed by atoms with van der Waals surface area (Å²) in [5.74, 6) is -2.09. The molecule has 0 spiro atoms. The predicted molar refractivity (Wildman–Crippen MR) is 123 cm³/mol. The summed E-state index contributed by atoms with van der Waals surface area (Å²) in [5.41, 5.74) is -1.22. The minimum absolute atomic E-state index is 0.134. The van der Waals surface area contributed by atoms with Gasteiger partial charge in [-0.2, -0.15) is 13.2 Å². The molecule has 1 amide bonds. The van der Waals surface area contributed by atoms with Crippen LogP contribution in [-0.2, 0) is 15.7 Å². The standard InChI is InChI=1S/C25H29F3N2O5/c1-15-6-8-17(9-7-15)23(31)30(16(2)14-34-3)21-11-10-18(13-19(21)24(32)33)35-22-20(25(26,27)28)5-4-12-29-22/h4-5,10-13,15-17H,6-9,14H2,1-3H3,(H,32,33)/t15?,16-,17?/m0/s1. The Labute approximate surface area is 201 Å². The summed E-state index contributed by atoms with van der Waals surface area (Å²) in [6.07, 6.45) is -0.316. The van der Waals surface area contributed by atoms with Gasteiger partial charge in [0.15, 0.2) is 0 Å². The molecule has 0 unspecified atom stereocenters. The molecule has 0 bridgehead atoms. The third-order valence-corrected chi connectivity index (χ3v) is 6.20. The molecule has 1 fully saturated rings. The maximum atomic E-state index is 13.5. The number of carbonyl (C=O) groups is 2. The summed E-state index contributed by atoms with van der Waals surface area (Å²) in [6, 6.07) is 5.31. The predicted octanol–water partition coefficient (Wildman–Crippen LogP) is 5.79. The van der Waals surface area contributed by atoms with E-state index in [1.54, 1.807) is 6.92 Å². The van der Waals surface area contributed by atoms with Gasteiger partial charge in [-0.25, -0.2) is 9.78 Å². The molecule has 1 saturated carbocycles. The van der Waals surface area contributed by atoms with Crippen LogP contribution in [0, 0.1) is 11.8 Å². The van der Waals surface area contributed by atoms with Gasteiger partial charge in [0, 0.05) is 19.2 Å².